The molecule has 7 aromatic carbocycles. The quantitative estimate of drug-likeness (QED) is 0.149. The van der Waals surface area contributed by atoms with Gasteiger partial charge in [0.05, 0.1) is 4.11 Å². The molecule has 0 spiro atoms. The Labute approximate surface area is 358 Å². The van der Waals surface area contributed by atoms with E-state index >= 15 is 0 Å². The van der Waals surface area contributed by atoms with Gasteiger partial charge in [-0.25, -0.2) is 4.98 Å². The third-order valence-corrected chi connectivity index (χ3v) is 10.4. The molecule has 1 aliphatic heterocycles. The van der Waals surface area contributed by atoms with E-state index in [1.165, 1.54) is 0 Å². The van der Waals surface area contributed by atoms with E-state index in [0.717, 1.165) is 61.3 Å². The van der Waals surface area contributed by atoms with Gasteiger partial charge in [0.25, 0.3) is 0 Å². The molecule has 3 heterocycles. The largest absolute Gasteiger partial charge is 0.509 e. The number of nitrogens with zero attached hydrogens (tertiary/aromatic N) is 4. The van der Waals surface area contributed by atoms with E-state index in [0.29, 0.717) is 22.6 Å². The van der Waals surface area contributed by atoms with Crippen molar-refractivity contribution < 1.29 is 29.9 Å². The predicted octanol–water partition coefficient (Wildman–Crippen LogP) is 13.6. The zero-order valence-corrected chi connectivity index (χ0v) is 34.4. The fraction of sp³-hybridized carbons (Fsp3) is 0.0769. The van der Waals surface area contributed by atoms with Gasteiger partial charge >= 0.3 is 0 Å². The predicted molar refractivity (Wildman–Crippen MR) is 234 cm³/mol. The first-order valence-electron chi connectivity index (χ1n) is 20.6. The molecule has 0 aliphatic carbocycles. The number of hydrogen-bond acceptors (Lipinski definition) is 4. The summed E-state index contributed by atoms with van der Waals surface area (Å²) in [5.74, 6) is 1.25. The minimum absolute atomic E-state index is 0. The van der Waals surface area contributed by atoms with E-state index in [2.05, 4.69) is 125 Å². The molecule has 58 heavy (non-hydrogen) atoms. The maximum absolute atomic E-state index is 9.29. The summed E-state index contributed by atoms with van der Waals surface area (Å²) >= 11 is 0. The average molecular weight is 934 g/mol. The third-order valence-electron chi connectivity index (χ3n) is 10.4. The van der Waals surface area contributed by atoms with E-state index in [4.69, 9.17) is 7.48 Å². The van der Waals surface area contributed by atoms with Gasteiger partial charge in [-0.1, -0.05) is 135 Å². The molecule has 0 amide bonds. The van der Waals surface area contributed by atoms with Crippen molar-refractivity contribution >= 4 is 44.6 Å². The van der Waals surface area contributed by atoms with Gasteiger partial charge in [0.2, 0.25) is 0 Å². The van der Waals surface area contributed by atoms with Crippen LogP contribution in [-0.2, 0) is 26.5 Å². The van der Waals surface area contributed by atoms with Gasteiger partial charge in [0.1, 0.15) is 5.82 Å². The Bertz CT molecular complexity index is 3030. The molecule has 2 aromatic heterocycles. The zero-order chi connectivity index (χ0) is 41.1. The fourth-order valence-electron chi connectivity index (χ4n) is 7.68. The van der Waals surface area contributed by atoms with Crippen molar-refractivity contribution in [2.24, 2.45) is 0 Å². The molecule has 286 valence electrons. The molecule has 1 aliphatic rings. The molecule has 0 unspecified atom stereocenters. The number of benzene rings is 7. The summed E-state index contributed by atoms with van der Waals surface area (Å²) in [6.45, 7) is 8.00. The van der Waals surface area contributed by atoms with Crippen molar-refractivity contribution in [3.05, 3.63) is 200 Å². The molecule has 0 saturated heterocycles. The maximum Gasteiger partial charge on any atom is 0.135 e. The van der Waals surface area contributed by atoms with Crippen LogP contribution in [-0.4, -0.2) is 9.55 Å². The van der Waals surface area contributed by atoms with Crippen LogP contribution in [0.25, 0.3) is 49.9 Å². The van der Waals surface area contributed by atoms with Crippen LogP contribution < -0.4 is 14.5 Å². The topological polar surface area (TPSA) is 33.5 Å². The molecule has 0 fully saturated rings. The van der Waals surface area contributed by atoms with Crippen molar-refractivity contribution in [1.29, 1.82) is 0 Å². The monoisotopic (exact) mass is 933 g/mol. The van der Waals surface area contributed by atoms with Crippen molar-refractivity contribution in [1.82, 2.24) is 9.55 Å². The van der Waals surface area contributed by atoms with Crippen molar-refractivity contribution in [3.8, 4) is 39.6 Å². The zero-order valence-electron chi connectivity index (χ0n) is 35.1. The van der Waals surface area contributed by atoms with Crippen LogP contribution in [0.15, 0.2) is 176 Å². The van der Waals surface area contributed by atoms with Crippen LogP contribution in [0.4, 0.5) is 22.7 Å². The van der Waals surface area contributed by atoms with Gasteiger partial charge in [-0.15, -0.1) is 48.1 Å². The molecular formula is C52H39N4OPt-3. The minimum atomic E-state index is -0.543. The SMILES string of the molecule is [2H]c1nc(-n2c3[c-]c(Oc4[c-]c(N5[CH-]N(c6c(-c7ccccc7)cccc6-c6ccccc6)c6ccccc65)ccc4)ccc3c3ccccc32)c([2H])c(C(C)(C)C)c1[2H].[Pt]. The molecule has 9 aromatic rings. The summed E-state index contributed by atoms with van der Waals surface area (Å²) in [5, 5.41) is 1.87. The van der Waals surface area contributed by atoms with E-state index in [-0.39, 0.29) is 45.1 Å². The molecule has 0 atom stereocenters. The smallest absolute Gasteiger partial charge is 0.135 e. The Morgan fingerprint density at radius 3 is 1.95 bits per heavy atom. The second kappa shape index (κ2) is 15.2. The first-order chi connectivity index (χ1) is 29.2. The van der Waals surface area contributed by atoms with Crippen LogP contribution in [0.1, 0.15) is 30.4 Å². The van der Waals surface area contributed by atoms with Crippen LogP contribution in [0.2, 0.25) is 0 Å². The Morgan fingerprint density at radius 1 is 0.621 bits per heavy atom. The Kier molecular flexibility index (Phi) is 8.80. The Hall–Kier alpha value is -6.42. The number of aromatic nitrogens is 2. The second-order valence-corrected chi connectivity index (χ2v) is 15.1. The van der Waals surface area contributed by atoms with Gasteiger partial charge in [-0.3, -0.25) is 0 Å². The van der Waals surface area contributed by atoms with Crippen LogP contribution in [0, 0.1) is 18.8 Å². The van der Waals surface area contributed by atoms with E-state index in [1.54, 1.807) is 0 Å². The number of para-hydroxylation sites is 4. The number of hydrogen-bond donors (Lipinski definition) is 0. The first-order valence-corrected chi connectivity index (χ1v) is 19.1. The van der Waals surface area contributed by atoms with Crippen LogP contribution in [0.5, 0.6) is 11.5 Å². The van der Waals surface area contributed by atoms with Gasteiger partial charge in [0.15, 0.2) is 0 Å². The van der Waals surface area contributed by atoms with E-state index in [1.807, 2.05) is 92.1 Å². The van der Waals surface area contributed by atoms with Gasteiger partial charge < -0.3 is 19.1 Å². The fourth-order valence-corrected chi connectivity index (χ4v) is 7.68. The molecule has 10 rings (SSSR count). The van der Waals surface area contributed by atoms with E-state index < -0.39 is 5.41 Å². The summed E-state index contributed by atoms with van der Waals surface area (Å²) in [4.78, 5) is 8.94. The summed E-state index contributed by atoms with van der Waals surface area (Å²) in [6.07, 6.45) is -0.172. The number of rotatable bonds is 7. The Morgan fingerprint density at radius 2 is 1.24 bits per heavy atom. The van der Waals surface area contributed by atoms with Gasteiger partial charge in [-0.05, 0) is 57.8 Å². The average Bonchev–Trinajstić information content (AvgIpc) is 3.81. The minimum Gasteiger partial charge on any atom is -0.509 e. The van der Waals surface area contributed by atoms with Gasteiger partial charge in [0, 0.05) is 72.4 Å². The normalized spacial score (nSPS) is 13.2. The van der Waals surface area contributed by atoms with Crippen LogP contribution >= 0.6 is 0 Å². The number of ether oxygens (including phenoxy) is 1. The van der Waals surface area contributed by atoms with E-state index in [9.17, 15) is 1.37 Å². The molecule has 0 radical (unpaired) electrons. The number of fused-ring (bicyclic) bond motifs is 4. The molecule has 0 bridgehead atoms. The molecule has 0 saturated carbocycles. The molecule has 6 heteroatoms. The maximum atomic E-state index is 9.29. The summed E-state index contributed by atoms with van der Waals surface area (Å²) < 4.78 is 35.0. The molecule has 5 nitrogen and oxygen atoms in total. The molecule has 0 N–H and O–H groups in total. The summed E-state index contributed by atoms with van der Waals surface area (Å²) in [5.41, 5.74) is 9.82. The van der Waals surface area contributed by atoms with Crippen molar-refractivity contribution in [2.75, 3.05) is 9.80 Å². The second-order valence-electron chi connectivity index (χ2n) is 15.1. The van der Waals surface area contributed by atoms with Crippen molar-refractivity contribution in [3.63, 3.8) is 0 Å². The number of pyridine rings is 1. The first kappa shape index (κ1) is 33.7. The standard InChI is InChI=1S/C52H39N4O.Pt/c1-52(2,3)38-30-31-53-50(32-38)56-46-25-11-10-22-44(46)45-29-28-41(34-49(45)56)57-40-21-14-20-39(33-40)54-35-55(48-27-13-12-26-47(48)54)51-42(36-16-6-4-7-17-36)23-15-24-43(51)37-18-8-5-9-19-37;/h4-32,35H,1-3H3;/q-3;/i30D,31D,32D;. The summed E-state index contributed by atoms with van der Waals surface area (Å²) in [6, 6.07) is 60.7. The Balaban J connectivity index is 0.00000476. The molecular weight excluding hydrogens is 892 g/mol. The summed E-state index contributed by atoms with van der Waals surface area (Å²) in [7, 11) is 0. The van der Waals surface area contributed by atoms with Crippen molar-refractivity contribution in [2.45, 2.75) is 26.2 Å². The van der Waals surface area contributed by atoms with Gasteiger partial charge in [-0.2, -0.15) is 12.1 Å². The van der Waals surface area contributed by atoms with Crippen LogP contribution in [0.3, 0.4) is 0 Å². The third kappa shape index (κ3) is 6.66. The number of anilines is 4.